The molecule has 98 valence electrons. The van der Waals surface area contributed by atoms with Crippen molar-refractivity contribution in [2.45, 2.75) is 37.8 Å². The van der Waals surface area contributed by atoms with E-state index < -0.39 is 0 Å². The molecule has 2 saturated heterocycles. The van der Waals surface area contributed by atoms with Crippen molar-refractivity contribution >= 4 is 18.3 Å². The SMILES string of the molecule is Cl.O=C(CCC1CCCO1)NC1C2CNCC21. The first-order chi connectivity index (χ1) is 7.84. The van der Waals surface area contributed by atoms with Crippen molar-refractivity contribution in [2.24, 2.45) is 11.8 Å². The van der Waals surface area contributed by atoms with Gasteiger partial charge in [-0.15, -0.1) is 12.4 Å². The van der Waals surface area contributed by atoms with E-state index in [2.05, 4.69) is 10.6 Å². The zero-order valence-corrected chi connectivity index (χ0v) is 10.8. The highest BCUT2D eigenvalue weighted by Gasteiger charge is 2.53. The van der Waals surface area contributed by atoms with E-state index in [0.29, 0.717) is 30.4 Å². The lowest BCUT2D eigenvalue weighted by Gasteiger charge is -2.10. The summed E-state index contributed by atoms with van der Waals surface area (Å²) in [4.78, 5) is 11.7. The van der Waals surface area contributed by atoms with Gasteiger partial charge in [-0.25, -0.2) is 0 Å². The van der Waals surface area contributed by atoms with Crippen molar-refractivity contribution in [3.05, 3.63) is 0 Å². The van der Waals surface area contributed by atoms with Crippen molar-refractivity contribution in [1.29, 1.82) is 0 Å². The Hall–Kier alpha value is -0.320. The summed E-state index contributed by atoms with van der Waals surface area (Å²) in [7, 11) is 0. The molecular weight excluding hydrogens is 240 g/mol. The number of rotatable bonds is 4. The second kappa shape index (κ2) is 5.55. The van der Waals surface area contributed by atoms with Gasteiger partial charge in [0.2, 0.25) is 5.91 Å². The van der Waals surface area contributed by atoms with Crippen molar-refractivity contribution in [3.63, 3.8) is 0 Å². The maximum Gasteiger partial charge on any atom is 0.220 e. The molecule has 2 N–H and O–H groups in total. The number of amides is 1. The first kappa shape index (κ1) is 13.1. The number of hydrogen-bond donors (Lipinski definition) is 2. The van der Waals surface area contributed by atoms with Gasteiger partial charge in [0.25, 0.3) is 0 Å². The Morgan fingerprint density at radius 3 is 2.76 bits per heavy atom. The van der Waals surface area contributed by atoms with Gasteiger partial charge in [-0.1, -0.05) is 0 Å². The molecule has 3 unspecified atom stereocenters. The van der Waals surface area contributed by atoms with E-state index in [9.17, 15) is 4.79 Å². The van der Waals surface area contributed by atoms with Crippen LogP contribution in [0.15, 0.2) is 0 Å². The minimum Gasteiger partial charge on any atom is -0.378 e. The Kier molecular flexibility index (Phi) is 4.28. The lowest BCUT2D eigenvalue weighted by molar-refractivity contribution is -0.122. The zero-order valence-electron chi connectivity index (χ0n) is 9.98. The van der Waals surface area contributed by atoms with Crippen LogP contribution in [0, 0.1) is 11.8 Å². The molecule has 0 radical (unpaired) electrons. The van der Waals surface area contributed by atoms with Crippen LogP contribution in [0.4, 0.5) is 0 Å². The van der Waals surface area contributed by atoms with Crippen LogP contribution in [0.5, 0.6) is 0 Å². The molecule has 0 aromatic carbocycles. The highest BCUT2D eigenvalue weighted by molar-refractivity contribution is 5.85. The fourth-order valence-electron chi connectivity index (χ4n) is 3.05. The van der Waals surface area contributed by atoms with Crippen LogP contribution in [0.25, 0.3) is 0 Å². The summed E-state index contributed by atoms with van der Waals surface area (Å²) in [6.07, 6.45) is 4.16. The fourth-order valence-corrected chi connectivity index (χ4v) is 3.05. The standard InChI is InChI=1S/C12H20N2O2.ClH/c15-11(4-3-8-2-1-5-16-8)14-12-9-6-13-7-10(9)12;/h8-10,12-13H,1-7H2,(H,14,15);1H. The van der Waals surface area contributed by atoms with Crippen LogP contribution in [-0.2, 0) is 9.53 Å². The molecule has 0 aromatic heterocycles. The Morgan fingerprint density at radius 2 is 2.12 bits per heavy atom. The van der Waals surface area contributed by atoms with Crippen LogP contribution in [0.2, 0.25) is 0 Å². The van der Waals surface area contributed by atoms with E-state index >= 15 is 0 Å². The number of carbonyl (C=O) groups is 1. The molecule has 4 nitrogen and oxygen atoms in total. The van der Waals surface area contributed by atoms with Gasteiger partial charge in [0.1, 0.15) is 0 Å². The minimum atomic E-state index is 0. The van der Waals surface area contributed by atoms with Crippen molar-refractivity contribution in [1.82, 2.24) is 10.6 Å². The summed E-state index contributed by atoms with van der Waals surface area (Å²) < 4.78 is 5.51. The summed E-state index contributed by atoms with van der Waals surface area (Å²) in [5, 5.41) is 6.48. The minimum absolute atomic E-state index is 0. The molecule has 5 heteroatoms. The first-order valence-corrected chi connectivity index (χ1v) is 6.46. The summed E-state index contributed by atoms with van der Waals surface area (Å²) in [6.45, 7) is 3.05. The van der Waals surface area contributed by atoms with Gasteiger partial charge in [-0.3, -0.25) is 4.79 Å². The summed E-state index contributed by atoms with van der Waals surface area (Å²) in [6, 6.07) is 0.471. The van der Waals surface area contributed by atoms with Gasteiger partial charge >= 0.3 is 0 Å². The lowest BCUT2D eigenvalue weighted by Crippen LogP contribution is -2.32. The van der Waals surface area contributed by atoms with E-state index in [4.69, 9.17) is 4.74 Å². The van der Waals surface area contributed by atoms with Gasteiger partial charge in [-0.05, 0) is 31.1 Å². The number of ether oxygens (including phenoxy) is 1. The fraction of sp³-hybridized carbons (Fsp3) is 0.917. The number of fused-ring (bicyclic) bond motifs is 1. The van der Waals surface area contributed by atoms with Crippen LogP contribution in [0.1, 0.15) is 25.7 Å². The Balaban J connectivity index is 0.00000108. The average Bonchev–Trinajstić information content (AvgIpc) is 2.80. The van der Waals surface area contributed by atoms with E-state index in [1.807, 2.05) is 0 Å². The third-order valence-electron chi connectivity index (χ3n) is 4.14. The molecule has 1 saturated carbocycles. The quantitative estimate of drug-likeness (QED) is 0.783. The molecule has 3 aliphatic rings. The second-order valence-corrected chi connectivity index (χ2v) is 5.25. The smallest absolute Gasteiger partial charge is 0.220 e. The number of nitrogens with one attached hydrogen (secondary N) is 2. The van der Waals surface area contributed by atoms with Crippen molar-refractivity contribution in [2.75, 3.05) is 19.7 Å². The molecule has 2 aliphatic heterocycles. The first-order valence-electron chi connectivity index (χ1n) is 6.46. The molecular formula is C12H21ClN2O2. The molecule has 3 rings (SSSR count). The predicted molar refractivity (Wildman–Crippen MR) is 67.2 cm³/mol. The molecule has 0 spiro atoms. The van der Waals surface area contributed by atoms with E-state index in [-0.39, 0.29) is 18.3 Å². The molecule has 2 heterocycles. The third-order valence-corrected chi connectivity index (χ3v) is 4.14. The van der Waals surface area contributed by atoms with Gasteiger partial charge < -0.3 is 15.4 Å². The molecule has 3 fully saturated rings. The Morgan fingerprint density at radius 1 is 1.35 bits per heavy atom. The summed E-state index contributed by atoms with van der Waals surface area (Å²) in [5.41, 5.74) is 0. The number of carbonyl (C=O) groups excluding carboxylic acids is 1. The van der Waals surface area contributed by atoms with Crippen LogP contribution >= 0.6 is 12.4 Å². The molecule has 1 amide bonds. The Labute approximate surface area is 108 Å². The number of halogens is 1. The number of piperidine rings is 1. The molecule has 0 bridgehead atoms. The van der Waals surface area contributed by atoms with Gasteiger partial charge in [0.15, 0.2) is 0 Å². The maximum absolute atomic E-state index is 11.7. The van der Waals surface area contributed by atoms with Crippen LogP contribution < -0.4 is 10.6 Å². The van der Waals surface area contributed by atoms with E-state index in [1.54, 1.807) is 0 Å². The van der Waals surface area contributed by atoms with Gasteiger partial charge in [0, 0.05) is 32.2 Å². The van der Waals surface area contributed by atoms with E-state index in [0.717, 1.165) is 39.0 Å². The molecule has 0 aromatic rings. The Bertz CT molecular complexity index is 272. The predicted octanol–water partition coefficient (Wildman–Crippen LogP) is 0.701. The van der Waals surface area contributed by atoms with Crippen molar-refractivity contribution in [3.8, 4) is 0 Å². The lowest BCUT2D eigenvalue weighted by atomic mass is 10.1. The van der Waals surface area contributed by atoms with Crippen LogP contribution in [-0.4, -0.2) is 37.7 Å². The topological polar surface area (TPSA) is 50.4 Å². The summed E-state index contributed by atoms with van der Waals surface area (Å²) >= 11 is 0. The zero-order chi connectivity index (χ0) is 11.0. The van der Waals surface area contributed by atoms with Gasteiger partial charge in [-0.2, -0.15) is 0 Å². The maximum atomic E-state index is 11.7. The van der Waals surface area contributed by atoms with E-state index in [1.165, 1.54) is 0 Å². The largest absolute Gasteiger partial charge is 0.378 e. The monoisotopic (exact) mass is 260 g/mol. The second-order valence-electron chi connectivity index (χ2n) is 5.25. The average molecular weight is 261 g/mol. The molecule has 3 atom stereocenters. The highest BCUT2D eigenvalue weighted by atomic mass is 35.5. The van der Waals surface area contributed by atoms with Crippen LogP contribution in [0.3, 0.4) is 0 Å². The number of hydrogen-bond acceptors (Lipinski definition) is 3. The molecule has 1 aliphatic carbocycles. The highest BCUT2D eigenvalue weighted by Crippen LogP contribution is 2.41. The van der Waals surface area contributed by atoms with Gasteiger partial charge in [0.05, 0.1) is 6.10 Å². The van der Waals surface area contributed by atoms with Crippen molar-refractivity contribution < 1.29 is 9.53 Å². The normalized spacial score (nSPS) is 38.4. The molecule has 17 heavy (non-hydrogen) atoms. The third kappa shape index (κ3) is 2.92. The summed E-state index contributed by atoms with van der Waals surface area (Å²) in [5.74, 6) is 1.65.